The van der Waals surface area contributed by atoms with Gasteiger partial charge in [-0.25, -0.2) is 4.79 Å². The lowest BCUT2D eigenvalue weighted by Gasteiger charge is -2.24. The molecule has 0 aliphatic carbocycles. The van der Waals surface area contributed by atoms with E-state index in [0.29, 0.717) is 41.3 Å². The molecule has 2 aromatic carbocycles. The van der Waals surface area contributed by atoms with Crippen LogP contribution < -0.4 is 10.3 Å². The minimum Gasteiger partial charge on any atom is -0.508 e. The molecule has 2 aromatic heterocycles. The van der Waals surface area contributed by atoms with E-state index in [2.05, 4.69) is 0 Å². The Morgan fingerprint density at radius 3 is 2.44 bits per heavy atom. The molecular weight excluding hydrogens is 462 g/mol. The molecule has 8 nitrogen and oxygen atoms in total. The molecule has 0 fully saturated rings. The van der Waals surface area contributed by atoms with Crippen LogP contribution in [0.2, 0.25) is 0 Å². The van der Waals surface area contributed by atoms with E-state index in [1.807, 2.05) is 12.1 Å². The van der Waals surface area contributed by atoms with E-state index in [0.717, 1.165) is 5.56 Å². The van der Waals surface area contributed by atoms with E-state index in [1.165, 1.54) is 12.1 Å². The highest BCUT2D eigenvalue weighted by Crippen LogP contribution is 2.39. The number of phenols is 1. The number of fused-ring (bicyclic) bond motifs is 1. The second-order valence-electron chi connectivity index (χ2n) is 8.75. The van der Waals surface area contributed by atoms with Crippen LogP contribution in [0.25, 0.3) is 11.3 Å². The molecule has 0 spiro atoms. The number of aromatic carboxylic acids is 1. The molecule has 5 rings (SSSR count). The zero-order valence-electron chi connectivity index (χ0n) is 19.4. The fraction of sp³-hybridized carbons (Fsp3) is 0.179. The number of rotatable bonds is 6. The zero-order chi connectivity index (χ0) is 25.4. The summed E-state index contributed by atoms with van der Waals surface area (Å²) in [6, 6.07) is 18.3. The number of carbonyl (C=O) groups excluding carboxylic acids is 1. The number of carbonyl (C=O) groups is 2. The lowest BCUT2D eigenvalue weighted by atomic mass is 9.91. The molecule has 4 aromatic rings. The number of aryl methyl sites for hydroxylation is 2. The number of aromatic nitrogens is 1. The Morgan fingerprint density at radius 2 is 1.75 bits per heavy atom. The van der Waals surface area contributed by atoms with Crippen molar-refractivity contribution < 1.29 is 29.0 Å². The molecule has 1 aliphatic heterocycles. The Balaban J connectivity index is 1.48. The summed E-state index contributed by atoms with van der Waals surface area (Å²) in [5.41, 5.74) is 2.62. The Morgan fingerprint density at radius 1 is 1.03 bits per heavy atom. The van der Waals surface area contributed by atoms with Crippen molar-refractivity contribution in [2.24, 2.45) is 0 Å². The topological polar surface area (TPSA) is 119 Å². The van der Waals surface area contributed by atoms with Gasteiger partial charge in [0.1, 0.15) is 23.0 Å². The van der Waals surface area contributed by atoms with Gasteiger partial charge in [0, 0.05) is 23.9 Å². The van der Waals surface area contributed by atoms with Gasteiger partial charge in [0.25, 0.3) is 5.56 Å². The van der Waals surface area contributed by atoms with Gasteiger partial charge in [-0.2, -0.15) is 0 Å². The molecule has 1 unspecified atom stereocenters. The summed E-state index contributed by atoms with van der Waals surface area (Å²) in [4.78, 5) is 37.1. The second kappa shape index (κ2) is 9.22. The van der Waals surface area contributed by atoms with Crippen LogP contribution in [0.1, 0.15) is 45.3 Å². The third-order valence-corrected chi connectivity index (χ3v) is 6.40. The SMILES string of the molecule is Cc1cc2c(c(=O)n1CCc1ccc(O)cc1)C(c1ccc(-c3ccc(C(=O)O)cc3)o1)CC(=O)O2. The lowest BCUT2D eigenvalue weighted by Crippen LogP contribution is -2.33. The van der Waals surface area contributed by atoms with Crippen molar-refractivity contribution in [1.29, 1.82) is 0 Å². The average Bonchev–Trinajstić information content (AvgIpc) is 3.34. The summed E-state index contributed by atoms with van der Waals surface area (Å²) in [5.74, 6) is -0.697. The number of hydrogen-bond donors (Lipinski definition) is 2. The van der Waals surface area contributed by atoms with Crippen molar-refractivity contribution in [3.63, 3.8) is 0 Å². The standard InChI is InChI=1S/C28H23NO7/c1-16-14-24-26(27(32)29(16)13-12-17-2-8-20(30)9-3-17)21(15-25(31)36-24)23-11-10-22(35-23)18-4-6-19(7-5-18)28(33)34/h2-11,14,21,30H,12-13,15H2,1H3,(H,33,34). The van der Waals surface area contributed by atoms with Crippen molar-refractivity contribution in [3.8, 4) is 22.8 Å². The van der Waals surface area contributed by atoms with Crippen molar-refractivity contribution in [2.75, 3.05) is 0 Å². The summed E-state index contributed by atoms with van der Waals surface area (Å²) in [7, 11) is 0. The predicted octanol–water partition coefficient (Wildman–Crippen LogP) is 4.50. The predicted molar refractivity (Wildman–Crippen MR) is 130 cm³/mol. The normalized spacial score (nSPS) is 14.8. The number of nitrogens with zero attached hydrogens (tertiary/aromatic N) is 1. The van der Waals surface area contributed by atoms with Crippen LogP contribution >= 0.6 is 0 Å². The van der Waals surface area contributed by atoms with Gasteiger partial charge in [0.2, 0.25) is 0 Å². The van der Waals surface area contributed by atoms with Gasteiger partial charge >= 0.3 is 11.9 Å². The lowest BCUT2D eigenvalue weighted by molar-refractivity contribution is -0.135. The van der Waals surface area contributed by atoms with Crippen molar-refractivity contribution in [1.82, 2.24) is 4.57 Å². The molecular formula is C28H23NO7. The number of aromatic hydroxyl groups is 1. The number of furan rings is 1. The number of hydrogen-bond acceptors (Lipinski definition) is 6. The average molecular weight is 485 g/mol. The fourth-order valence-corrected chi connectivity index (χ4v) is 4.49. The largest absolute Gasteiger partial charge is 0.508 e. The highest BCUT2D eigenvalue weighted by Gasteiger charge is 2.34. The van der Waals surface area contributed by atoms with Crippen molar-refractivity contribution in [2.45, 2.75) is 32.2 Å². The smallest absolute Gasteiger partial charge is 0.335 e. The van der Waals surface area contributed by atoms with E-state index in [1.54, 1.807) is 54.0 Å². The Hall–Kier alpha value is -4.59. The monoisotopic (exact) mass is 485 g/mol. The maximum absolute atomic E-state index is 13.6. The number of pyridine rings is 1. The number of ether oxygens (including phenoxy) is 1. The molecule has 2 N–H and O–H groups in total. The van der Waals surface area contributed by atoms with Gasteiger partial charge in [-0.15, -0.1) is 0 Å². The minimum absolute atomic E-state index is 0.0336. The first kappa shape index (κ1) is 23.2. The Labute approximate surface area is 206 Å². The van der Waals surface area contributed by atoms with E-state index in [4.69, 9.17) is 14.3 Å². The molecule has 0 radical (unpaired) electrons. The molecule has 8 heteroatoms. The van der Waals surface area contributed by atoms with E-state index in [9.17, 15) is 19.5 Å². The van der Waals surface area contributed by atoms with Gasteiger partial charge in [-0.1, -0.05) is 24.3 Å². The summed E-state index contributed by atoms with van der Waals surface area (Å²) in [5, 5.41) is 18.6. The number of benzene rings is 2. The highest BCUT2D eigenvalue weighted by molar-refractivity contribution is 5.88. The number of carboxylic acids is 1. The van der Waals surface area contributed by atoms with Crippen molar-refractivity contribution >= 4 is 11.9 Å². The first-order valence-electron chi connectivity index (χ1n) is 11.5. The highest BCUT2D eigenvalue weighted by atomic mass is 16.5. The Kier molecular flexibility index (Phi) is 5.93. The summed E-state index contributed by atoms with van der Waals surface area (Å²) >= 11 is 0. The van der Waals surface area contributed by atoms with Crippen LogP contribution in [-0.4, -0.2) is 26.7 Å². The van der Waals surface area contributed by atoms with Crippen LogP contribution in [0.3, 0.4) is 0 Å². The number of phenolic OH excluding ortho intramolecular Hbond substituents is 1. The van der Waals surface area contributed by atoms with Gasteiger partial charge < -0.3 is 23.9 Å². The number of esters is 1. The third-order valence-electron chi connectivity index (χ3n) is 6.40. The van der Waals surface area contributed by atoms with E-state index in [-0.39, 0.29) is 29.0 Å². The Bertz CT molecular complexity index is 1510. The third kappa shape index (κ3) is 4.40. The molecule has 1 aliphatic rings. The molecule has 36 heavy (non-hydrogen) atoms. The summed E-state index contributed by atoms with van der Waals surface area (Å²) < 4.78 is 13.1. The van der Waals surface area contributed by atoms with Gasteiger partial charge in [0.05, 0.1) is 23.5 Å². The van der Waals surface area contributed by atoms with Crippen LogP contribution in [0, 0.1) is 6.92 Å². The van der Waals surface area contributed by atoms with Crippen LogP contribution in [0.4, 0.5) is 0 Å². The fourth-order valence-electron chi connectivity index (χ4n) is 4.49. The zero-order valence-corrected chi connectivity index (χ0v) is 19.4. The van der Waals surface area contributed by atoms with Gasteiger partial charge in [-0.05, 0) is 55.3 Å². The van der Waals surface area contributed by atoms with Crippen LogP contribution in [0.15, 0.2) is 75.9 Å². The first-order valence-corrected chi connectivity index (χ1v) is 11.5. The van der Waals surface area contributed by atoms with Crippen LogP contribution in [0.5, 0.6) is 11.5 Å². The minimum atomic E-state index is -1.02. The van der Waals surface area contributed by atoms with Crippen molar-refractivity contribution in [3.05, 3.63) is 105 Å². The summed E-state index contributed by atoms with van der Waals surface area (Å²) in [6.07, 6.45) is 0.551. The molecule has 3 heterocycles. The molecule has 0 amide bonds. The van der Waals surface area contributed by atoms with Crippen LogP contribution in [-0.2, 0) is 17.8 Å². The quantitative estimate of drug-likeness (QED) is 0.386. The summed E-state index contributed by atoms with van der Waals surface area (Å²) in [6.45, 7) is 2.21. The van der Waals surface area contributed by atoms with Gasteiger partial charge in [0.15, 0.2) is 0 Å². The van der Waals surface area contributed by atoms with E-state index >= 15 is 0 Å². The van der Waals surface area contributed by atoms with Gasteiger partial charge in [-0.3, -0.25) is 9.59 Å². The van der Waals surface area contributed by atoms with E-state index < -0.39 is 17.9 Å². The molecule has 0 bridgehead atoms. The molecule has 0 saturated carbocycles. The molecule has 1 atom stereocenters. The first-order chi connectivity index (χ1) is 17.3. The molecule has 0 saturated heterocycles. The maximum Gasteiger partial charge on any atom is 0.335 e. The second-order valence-corrected chi connectivity index (χ2v) is 8.75. The number of carboxylic acid groups (broad SMARTS) is 1. The molecule has 182 valence electrons. The maximum atomic E-state index is 13.6.